The van der Waals surface area contributed by atoms with Crippen LogP contribution < -0.4 is 4.74 Å². The summed E-state index contributed by atoms with van der Waals surface area (Å²) in [5, 5.41) is 4.50. The van der Waals surface area contributed by atoms with E-state index < -0.39 is 0 Å². The Hall–Kier alpha value is -1.40. The Morgan fingerprint density at radius 3 is 2.75 bits per heavy atom. The van der Waals surface area contributed by atoms with Crippen LogP contribution in [0.5, 0.6) is 5.88 Å². The standard InChI is InChI=1S/C14H18BrN3O2/c1-10-14(15)11(2)18(17-10)9-12-4-5-16-13(8-12)20-7-6-19-3/h4-5,8H,6-7,9H2,1-3H3. The van der Waals surface area contributed by atoms with Gasteiger partial charge in [0.1, 0.15) is 6.61 Å². The molecule has 2 aromatic rings. The van der Waals surface area contributed by atoms with Crippen LogP contribution in [0, 0.1) is 13.8 Å². The molecule has 0 atom stereocenters. The van der Waals surface area contributed by atoms with Crippen LogP contribution in [0.2, 0.25) is 0 Å². The summed E-state index contributed by atoms with van der Waals surface area (Å²) in [4.78, 5) is 4.18. The number of hydrogen-bond donors (Lipinski definition) is 0. The van der Waals surface area contributed by atoms with Gasteiger partial charge in [0.15, 0.2) is 0 Å². The molecule has 6 heteroatoms. The van der Waals surface area contributed by atoms with Crippen molar-refractivity contribution in [3.05, 3.63) is 39.8 Å². The molecular weight excluding hydrogens is 322 g/mol. The molecule has 0 aromatic carbocycles. The summed E-state index contributed by atoms with van der Waals surface area (Å²) in [5.41, 5.74) is 3.21. The van der Waals surface area contributed by atoms with Gasteiger partial charge >= 0.3 is 0 Å². The summed E-state index contributed by atoms with van der Waals surface area (Å²) in [6, 6.07) is 3.90. The highest BCUT2D eigenvalue weighted by atomic mass is 79.9. The third kappa shape index (κ3) is 3.58. The second-order valence-corrected chi connectivity index (χ2v) is 5.28. The van der Waals surface area contributed by atoms with E-state index in [1.165, 1.54) is 0 Å². The van der Waals surface area contributed by atoms with Gasteiger partial charge in [0, 0.05) is 19.4 Å². The molecule has 0 N–H and O–H groups in total. The molecule has 5 nitrogen and oxygen atoms in total. The first-order valence-electron chi connectivity index (χ1n) is 6.38. The van der Waals surface area contributed by atoms with Crippen LogP contribution in [0.3, 0.4) is 0 Å². The van der Waals surface area contributed by atoms with E-state index in [-0.39, 0.29) is 0 Å². The number of hydrogen-bond acceptors (Lipinski definition) is 4. The Morgan fingerprint density at radius 2 is 2.10 bits per heavy atom. The number of pyridine rings is 1. The van der Waals surface area contributed by atoms with Crippen molar-refractivity contribution in [1.29, 1.82) is 0 Å². The molecule has 2 aromatic heterocycles. The topological polar surface area (TPSA) is 49.2 Å². The fourth-order valence-corrected chi connectivity index (χ4v) is 2.14. The van der Waals surface area contributed by atoms with E-state index in [9.17, 15) is 0 Å². The number of aromatic nitrogens is 3. The van der Waals surface area contributed by atoms with Crippen LogP contribution in [-0.4, -0.2) is 35.1 Å². The molecule has 0 radical (unpaired) electrons. The molecule has 0 amide bonds. The van der Waals surface area contributed by atoms with Crippen molar-refractivity contribution >= 4 is 15.9 Å². The van der Waals surface area contributed by atoms with E-state index in [4.69, 9.17) is 9.47 Å². The Labute approximate surface area is 127 Å². The average molecular weight is 340 g/mol. The second-order valence-electron chi connectivity index (χ2n) is 4.49. The Balaban J connectivity index is 2.09. The van der Waals surface area contributed by atoms with Gasteiger partial charge in [0.2, 0.25) is 5.88 Å². The molecule has 0 aliphatic rings. The molecule has 0 saturated heterocycles. The number of methoxy groups -OCH3 is 1. The first-order chi connectivity index (χ1) is 9.61. The summed E-state index contributed by atoms with van der Waals surface area (Å²) < 4.78 is 13.5. The summed E-state index contributed by atoms with van der Waals surface area (Å²) in [7, 11) is 1.65. The zero-order chi connectivity index (χ0) is 14.5. The highest BCUT2D eigenvalue weighted by Crippen LogP contribution is 2.21. The van der Waals surface area contributed by atoms with Crippen LogP contribution in [0.1, 0.15) is 17.0 Å². The normalized spacial score (nSPS) is 10.8. The number of ether oxygens (including phenoxy) is 2. The molecule has 0 aliphatic heterocycles. The zero-order valence-electron chi connectivity index (χ0n) is 11.9. The highest BCUT2D eigenvalue weighted by Gasteiger charge is 2.09. The molecule has 2 heterocycles. The lowest BCUT2D eigenvalue weighted by molar-refractivity contribution is 0.143. The van der Waals surface area contributed by atoms with Gasteiger partial charge in [-0.2, -0.15) is 5.10 Å². The van der Waals surface area contributed by atoms with Crippen molar-refractivity contribution < 1.29 is 9.47 Å². The quantitative estimate of drug-likeness (QED) is 0.759. The van der Waals surface area contributed by atoms with Gasteiger partial charge in [-0.15, -0.1) is 0 Å². The van der Waals surface area contributed by atoms with Gasteiger partial charge < -0.3 is 9.47 Å². The third-order valence-corrected chi connectivity index (χ3v) is 4.11. The summed E-state index contributed by atoms with van der Waals surface area (Å²) in [6.45, 7) is 5.77. The van der Waals surface area contributed by atoms with Crippen molar-refractivity contribution in [3.63, 3.8) is 0 Å². The van der Waals surface area contributed by atoms with Gasteiger partial charge in [-0.25, -0.2) is 4.98 Å². The molecule has 2 rings (SSSR count). The number of aryl methyl sites for hydroxylation is 1. The molecule has 20 heavy (non-hydrogen) atoms. The minimum Gasteiger partial charge on any atom is -0.475 e. The van der Waals surface area contributed by atoms with E-state index >= 15 is 0 Å². The third-order valence-electron chi connectivity index (χ3n) is 2.96. The maximum atomic E-state index is 5.51. The molecule has 0 bridgehead atoms. The van der Waals surface area contributed by atoms with Crippen LogP contribution in [0.15, 0.2) is 22.8 Å². The van der Waals surface area contributed by atoms with Crippen molar-refractivity contribution in [1.82, 2.24) is 14.8 Å². The number of nitrogens with zero attached hydrogens (tertiary/aromatic N) is 3. The van der Waals surface area contributed by atoms with Crippen molar-refractivity contribution in [2.24, 2.45) is 0 Å². The first kappa shape index (κ1) is 15.0. The highest BCUT2D eigenvalue weighted by molar-refractivity contribution is 9.10. The molecule has 0 saturated carbocycles. The lowest BCUT2D eigenvalue weighted by atomic mass is 10.2. The number of rotatable bonds is 6. The van der Waals surface area contributed by atoms with Crippen LogP contribution in [0.25, 0.3) is 0 Å². The predicted octanol–water partition coefficient (Wildman–Crippen LogP) is 2.73. The van der Waals surface area contributed by atoms with E-state index in [1.54, 1.807) is 13.3 Å². The Kier molecular flexibility index (Phi) is 5.14. The lowest BCUT2D eigenvalue weighted by Gasteiger charge is -2.08. The minimum atomic E-state index is 0.498. The summed E-state index contributed by atoms with van der Waals surface area (Å²) in [5.74, 6) is 0.611. The summed E-state index contributed by atoms with van der Waals surface area (Å²) in [6.07, 6.45) is 1.75. The molecule has 0 aliphatic carbocycles. The zero-order valence-corrected chi connectivity index (χ0v) is 13.5. The first-order valence-corrected chi connectivity index (χ1v) is 7.17. The number of halogens is 1. The monoisotopic (exact) mass is 339 g/mol. The molecule has 108 valence electrons. The smallest absolute Gasteiger partial charge is 0.213 e. The van der Waals surface area contributed by atoms with Crippen molar-refractivity contribution in [2.45, 2.75) is 20.4 Å². The van der Waals surface area contributed by atoms with Gasteiger partial charge in [-0.05, 0) is 41.4 Å². The minimum absolute atomic E-state index is 0.498. The van der Waals surface area contributed by atoms with Crippen LogP contribution in [0.4, 0.5) is 0 Å². The fourth-order valence-electron chi connectivity index (χ4n) is 1.86. The van der Waals surface area contributed by atoms with E-state index in [0.717, 1.165) is 21.4 Å². The van der Waals surface area contributed by atoms with E-state index in [2.05, 4.69) is 26.0 Å². The average Bonchev–Trinajstić information content (AvgIpc) is 2.67. The van der Waals surface area contributed by atoms with Gasteiger partial charge in [0.25, 0.3) is 0 Å². The van der Waals surface area contributed by atoms with E-state index in [1.807, 2.05) is 30.7 Å². The molecule has 0 spiro atoms. The predicted molar refractivity (Wildman–Crippen MR) is 80.1 cm³/mol. The lowest BCUT2D eigenvalue weighted by Crippen LogP contribution is -2.07. The maximum absolute atomic E-state index is 5.51. The van der Waals surface area contributed by atoms with Gasteiger partial charge in [-0.1, -0.05) is 0 Å². The largest absolute Gasteiger partial charge is 0.475 e. The molecule has 0 unspecified atom stereocenters. The summed E-state index contributed by atoms with van der Waals surface area (Å²) >= 11 is 3.54. The van der Waals surface area contributed by atoms with Gasteiger partial charge in [0.05, 0.1) is 29.0 Å². The van der Waals surface area contributed by atoms with E-state index in [0.29, 0.717) is 25.6 Å². The van der Waals surface area contributed by atoms with Crippen molar-refractivity contribution in [3.8, 4) is 5.88 Å². The van der Waals surface area contributed by atoms with Gasteiger partial charge in [-0.3, -0.25) is 4.68 Å². The molecule has 0 fully saturated rings. The Morgan fingerprint density at radius 1 is 1.30 bits per heavy atom. The van der Waals surface area contributed by atoms with Crippen molar-refractivity contribution in [2.75, 3.05) is 20.3 Å². The second kappa shape index (κ2) is 6.85. The molecular formula is C14H18BrN3O2. The Bertz CT molecular complexity index is 584. The van der Waals surface area contributed by atoms with Crippen LogP contribution in [-0.2, 0) is 11.3 Å². The van der Waals surface area contributed by atoms with Crippen LogP contribution >= 0.6 is 15.9 Å². The fraction of sp³-hybridized carbons (Fsp3) is 0.429. The SMILES string of the molecule is COCCOc1cc(Cn2nc(C)c(Br)c2C)ccn1. The maximum Gasteiger partial charge on any atom is 0.213 e.